The summed E-state index contributed by atoms with van der Waals surface area (Å²) in [6, 6.07) is 6.50. The quantitative estimate of drug-likeness (QED) is 0.913. The molecule has 0 aliphatic carbocycles. The van der Waals surface area contributed by atoms with E-state index in [9.17, 15) is 4.39 Å². The van der Waals surface area contributed by atoms with Gasteiger partial charge in [-0.15, -0.1) is 0 Å². The average molecular weight is 254 g/mol. The highest BCUT2D eigenvalue weighted by atomic mass is 35.5. The zero-order chi connectivity index (χ0) is 12.4. The van der Waals surface area contributed by atoms with Crippen molar-refractivity contribution in [3.63, 3.8) is 0 Å². The molecule has 3 nitrogen and oxygen atoms in total. The molecule has 5 heteroatoms. The average Bonchev–Trinajstić information content (AvgIpc) is 2.57. The highest BCUT2D eigenvalue weighted by Gasteiger charge is 2.16. The lowest BCUT2D eigenvalue weighted by atomic mass is 10.1. The number of aromatic nitrogens is 2. The fourth-order valence-electron chi connectivity index (χ4n) is 1.81. The van der Waals surface area contributed by atoms with Gasteiger partial charge in [-0.05, 0) is 18.7 Å². The van der Waals surface area contributed by atoms with Crippen molar-refractivity contribution in [1.82, 2.24) is 9.55 Å². The van der Waals surface area contributed by atoms with E-state index >= 15 is 0 Å². The summed E-state index contributed by atoms with van der Waals surface area (Å²) in [5.41, 5.74) is 6.53. The van der Waals surface area contributed by atoms with Crippen LogP contribution in [0.4, 0.5) is 4.39 Å². The number of halogens is 2. The van der Waals surface area contributed by atoms with Gasteiger partial charge in [-0.2, -0.15) is 0 Å². The predicted octanol–water partition coefficient (Wildman–Crippen LogP) is 2.38. The minimum atomic E-state index is -0.309. The number of rotatable bonds is 3. The maximum atomic E-state index is 13.7. The molecule has 1 aromatic heterocycles. The molecule has 1 heterocycles. The van der Waals surface area contributed by atoms with Crippen LogP contribution in [0.25, 0.3) is 11.3 Å². The van der Waals surface area contributed by atoms with Crippen molar-refractivity contribution >= 4 is 11.6 Å². The summed E-state index contributed by atoms with van der Waals surface area (Å²) in [6.07, 6.45) is 0.616. The van der Waals surface area contributed by atoms with Gasteiger partial charge < -0.3 is 10.3 Å². The van der Waals surface area contributed by atoms with Crippen LogP contribution in [-0.2, 0) is 13.5 Å². The first-order valence-electron chi connectivity index (χ1n) is 5.31. The second-order valence-corrected chi connectivity index (χ2v) is 4.10. The second-order valence-electron chi connectivity index (χ2n) is 3.74. The van der Waals surface area contributed by atoms with Crippen molar-refractivity contribution in [2.45, 2.75) is 6.42 Å². The summed E-state index contributed by atoms with van der Waals surface area (Å²) in [6.45, 7) is 0.484. The van der Waals surface area contributed by atoms with Gasteiger partial charge in [0.1, 0.15) is 11.6 Å². The van der Waals surface area contributed by atoms with Gasteiger partial charge in [0, 0.05) is 19.0 Å². The molecule has 0 aliphatic rings. The van der Waals surface area contributed by atoms with E-state index in [1.165, 1.54) is 6.07 Å². The Labute approximate surface area is 104 Å². The molecule has 0 aliphatic heterocycles. The van der Waals surface area contributed by atoms with Gasteiger partial charge in [0.05, 0.1) is 5.69 Å². The van der Waals surface area contributed by atoms with Crippen molar-refractivity contribution in [1.29, 1.82) is 0 Å². The molecule has 0 saturated heterocycles. The molecule has 90 valence electrons. The SMILES string of the molecule is Cn1c(CCN)nc(Cl)c1-c1ccccc1F. The van der Waals surface area contributed by atoms with Gasteiger partial charge in [-0.3, -0.25) is 0 Å². The predicted molar refractivity (Wildman–Crippen MR) is 66.4 cm³/mol. The van der Waals surface area contributed by atoms with Crippen LogP contribution in [-0.4, -0.2) is 16.1 Å². The monoisotopic (exact) mass is 253 g/mol. The van der Waals surface area contributed by atoms with Crippen molar-refractivity contribution in [3.8, 4) is 11.3 Å². The van der Waals surface area contributed by atoms with Crippen LogP contribution >= 0.6 is 11.6 Å². The van der Waals surface area contributed by atoms with Gasteiger partial charge in [0.15, 0.2) is 5.15 Å². The van der Waals surface area contributed by atoms with Crippen molar-refractivity contribution in [2.24, 2.45) is 12.8 Å². The van der Waals surface area contributed by atoms with Crippen molar-refractivity contribution < 1.29 is 4.39 Å². The van der Waals surface area contributed by atoms with Gasteiger partial charge in [-0.1, -0.05) is 23.7 Å². The Kier molecular flexibility index (Phi) is 3.45. The molecule has 0 atom stereocenters. The van der Waals surface area contributed by atoms with Gasteiger partial charge in [0.25, 0.3) is 0 Å². The van der Waals surface area contributed by atoms with Crippen LogP contribution in [0.1, 0.15) is 5.82 Å². The molecule has 2 aromatic rings. The molecular formula is C12H13ClFN3. The van der Waals surface area contributed by atoms with E-state index in [-0.39, 0.29) is 5.82 Å². The Morgan fingerprint density at radius 2 is 2.12 bits per heavy atom. The Morgan fingerprint density at radius 3 is 2.76 bits per heavy atom. The van der Waals surface area contributed by atoms with Crippen LogP contribution in [0.2, 0.25) is 5.15 Å². The maximum Gasteiger partial charge on any atom is 0.155 e. The highest BCUT2D eigenvalue weighted by molar-refractivity contribution is 6.32. The van der Waals surface area contributed by atoms with E-state index in [4.69, 9.17) is 17.3 Å². The molecule has 1 aromatic carbocycles. The molecule has 17 heavy (non-hydrogen) atoms. The third-order valence-electron chi connectivity index (χ3n) is 2.64. The summed E-state index contributed by atoms with van der Waals surface area (Å²) in [5.74, 6) is 0.451. The van der Waals surface area contributed by atoms with Crippen LogP contribution in [0.5, 0.6) is 0 Å². The molecule has 2 N–H and O–H groups in total. The summed E-state index contributed by atoms with van der Waals surface area (Å²) in [7, 11) is 1.81. The van der Waals surface area contributed by atoms with E-state index in [2.05, 4.69) is 4.98 Å². The lowest BCUT2D eigenvalue weighted by molar-refractivity contribution is 0.629. The highest BCUT2D eigenvalue weighted by Crippen LogP contribution is 2.29. The minimum absolute atomic E-state index is 0.307. The molecular weight excluding hydrogens is 241 g/mol. The van der Waals surface area contributed by atoms with Crippen molar-refractivity contribution in [3.05, 3.63) is 41.1 Å². The summed E-state index contributed by atoms with van der Waals surface area (Å²) >= 11 is 6.05. The van der Waals surface area contributed by atoms with E-state index < -0.39 is 0 Å². The Hall–Kier alpha value is -1.39. The third kappa shape index (κ3) is 2.18. The Morgan fingerprint density at radius 1 is 1.41 bits per heavy atom. The lowest BCUT2D eigenvalue weighted by Crippen LogP contribution is -2.08. The molecule has 0 spiro atoms. The number of nitrogens with two attached hydrogens (primary N) is 1. The number of nitrogens with zero attached hydrogens (tertiary/aromatic N) is 2. The fraction of sp³-hybridized carbons (Fsp3) is 0.250. The smallest absolute Gasteiger partial charge is 0.155 e. The first-order chi connectivity index (χ1) is 8.15. The number of hydrogen-bond donors (Lipinski definition) is 1. The first-order valence-corrected chi connectivity index (χ1v) is 5.69. The summed E-state index contributed by atoms with van der Waals surface area (Å²) < 4.78 is 15.5. The van der Waals surface area contributed by atoms with E-state index in [0.717, 1.165) is 5.82 Å². The van der Waals surface area contributed by atoms with Crippen LogP contribution < -0.4 is 5.73 Å². The topological polar surface area (TPSA) is 43.8 Å². The maximum absolute atomic E-state index is 13.7. The zero-order valence-corrected chi connectivity index (χ0v) is 10.2. The zero-order valence-electron chi connectivity index (χ0n) is 9.45. The molecule has 0 bridgehead atoms. The molecule has 0 saturated carbocycles. The van der Waals surface area contributed by atoms with E-state index in [0.29, 0.717) is 29.4 Å². The normalized spacial score (nSPS) is 10.8. The number of imidazole rings is 1. The van der Waals surface area contributed by atoms with Gasteiger partial charge in [-0.25, -0.2) is 9.37 Å². The standard InChI is InChI=1S/C12H13ClFN3/c1-17-10(6-7-15)16-12(13)11(17)8-4-2-3-5-9(8)14/h2-5H,6-7,15H2,1H3. The van der Waals surface area contributed by atoms with Crippen molar-refractivity contribution in [2.75, 3.05) is 6.54 Å². The van der Waals surface area contributed by atoms with Crippen LogP contribution in [0.3, 0.4) is 0 Å². The van der Waals surface area contributed by atoms with E-state index in [1.807, 2.05) is 7.05 Å². The van der Waals surface area contributed by atoms with Gasteiger partial charge >= 0.3 is 0 Å². The minimum Gasteiger partial charge on any atom is -0.330 e. The van der Waals surface area contributed by atoms with E-state index in [1.54, 1.807) is 22.8 Å². The molecule has 0 amide bonds. The van der Waals surface area contributed by atoms with Crippen LogP contribution in [0, 0.1) is 5.82 Å². The third-order valence-corrected chi connectivity index (χ3v) is 2.91. The molecule has 2 rings (SSSR count). The number of benzene rings is 1. The molecule has 0 unspecified atom stereocenters. The van der Waals surface area contributed by atoms with Crippen LogP contribution in [0.15, 0.2) is 24.3 Å². The first kappa shape index (κ1) is 12.1. The molecule has 0 fully saturated rings. The van der Waals surface area contributed by atoms with Gasteiger partial charge in [0.2, 0.25) is 0 Å². The Bertz CT molecular complexity index is 537. The fourth-order valence-corrected chi connectivity index (χ4v) is 2.13. The Balaban J connectivity index is 2.56. The lowest BCUT2D eigenvalue weighted by Gasteiger charge is -2.06. The largest absolute Gasteiger partial charge is 0.330 e. The summed E-state index contributed by atoms with van der Waals surface area (Å²) in [5, 5.41) is 0.307. The summed E-state index contributed by atoms with van der Waals surface area (Å²) in [4.78, 5) is 4.20. The molecule has 0 radical (unpaired) electrons. The second kappa shape index (κ2) is 4.85. The number of hydrogen-bond acceptors (Lipinski definition) is 2.